The third-order valence-electron chi connectivity index (χ3n) is 2.17. The number of thioether (sulfide) groups is 1. The molecule has 1 aliphatic rings. The smallest absolute Gasteiger partial charge is 0.248 e. The molecule has 1 aromatic rings. The van der Waals surface area contributed by atoms with Crippen molar-refractivity contribution in [2.45, 2.75) is 37.0 Å². The first-order valence-corrected chi connectivity index (χ1v) is 5.75. The molecule has 15 heavy (non-hydrogen) atoms. The van der Waals surface area contributed by atoms with Crippen LogP contribution in [0, 0.1) is 0 Å². The van der Waals surface area contributed by atoms with E-state index in [9.17, 15) is 8.78 Å². The predicted molar refractivity (Wildman–Crippen MR) is 52.9 cm³/mol. The number of halogens is 2. The molecular weight excluding hydrogens is 222 g/mol. The summed E-state index contributed by atoms with van der Waals surface area (Å²) in [7, 11) is 0. The minimum absolute atomic E-state index is 0.241. The number of rotatable bonds is 5. The molecule has 0 amide bonds. The lowest BCUT2D eigenvalue weighted by Gasteiger charge is -2.06. The van der Waals surface area contributed by atoms with E-state index in [1.165, 1.54) is 0 Å². The van der Waals surface area contributed by atoms with Gasteiger partial charge in [0, 0.05) is 6.04 Å². The molecule has 1 aliphatic carbocycles. The van der Waals surface area contributed by atoms with Gasteiger partial charge < -0.3 is 10.3 Å². The molecule has 0 saturated heterocycles. The van der Waals surface area contributed by atoms with E-state index in [1.54, 1.807) is 0 Å². The highest BCUT2D eigenvalue weighted by atomic mass is 32.2. The van der Waals surface area contributed by atoms with Gasteiger partial charge in [0.05, 0.1) is 12.3 Å². The average molecular weight is 234 g/mol. The Hall–Kier alpha value is -0.690. The van der Waals surface area contributed by atoms with Gasteiger partial charge in [0.1, 0.15) is 5.82 Å². The van der Waals surface area contributed by atoms with Crippen LogP contribution in [-0.4, -0.2) is 26.9 Å². The quantitative estimate of drug-likeness (QED) is 0.783. The summed E-state index contributed by atoms with van der Waals surface area (Å²) >= 11 is 1.04. The zero-order chi connectivity index (χ0) is 10.8. The van der Waals surface area contributed by atoms with Crippen LogP contribution in [-0.2, 0) is 6.54 Å². The van der Waals surface area contributed by atoms with Gasteiger partial charge >= 0.3 is 0 Å². The van der Waals surface area contributed by atoms with Gasteiger partial charge in [0.15, 0.2) is 5.16 Å². The van der Waals surface area contributed by atoms with Crippen LogP contribution in [0.25, 0.3) is 0 Å². The maximum atomic E-state index is 12.1. The van der Waals surface area contributed by atoms with Crippen molar-refractivity contribution in [2.75, 3.05) is 5.75 Å². The molecule has 1 heterocycles. The fourth-order valence-electron chi connectivity index (χ4n) is 1.38. The minimum atomic E-state index is -2.32. The molecule has 0 atom stereocenters. The SMILES string of the molecule is NCc1nnc(SCC(F)F)n1C1CC1. The Labute approximate surface area is 90.2 Å². The Morgan fingerprint density at radius 2 is 2.20 bits per heavy atom. The molecule has 0 unspecified atom stereocenters. The molecule has 0 spiro atoms. The third-order valence-corrected chi connectivity index (χ3v) is 3.12. The van der Waals surface area contributed by atoms with Crippen LogP contribution in [0.15, 0.2) is 5.16 Å². The number of nitrogens with two attached hydrogens (primary N) is 1. The van der Waals surface area contributed by atoms with E-state index < -0.39 is 6.43 Å². The summed E-state index contributed by atoms with van der Waals surface area (Å²) < 4.78 is 26.0. The summed E-state index contributed by atoms with van der Waals surface area (Å²) in [6, 6.07) is 0.374. The largest absolute Gasteiger partial charge is 0.324 e. The lowest BCUT2D eigenvalue weighted by atomic mass is 10.5. The highest BCUT2D eigenvalue weighted by Crippen LogP contribution is 2.38. The summed E-state index contributed by atoms with van der Waals surface area (Å²) in [6.07, 6.45) is -0.193. The number of hydrogen-bond acceptors (Lipinski definition) is 4. The Bertz CT molecular complexity index is 337. The van der Waals surface area contributed by atoms with Gasteiger partial charge in [-0.15, -0.1) is 10.2 Å². The summed E-state index contributed by atoms with van der Waals surface area (Å²) in [4.78, 5) is 0. The third kappa shape index (κ3) is 2.46. The first-order valence-electron chi connectivity index (χ1n) is 4.77. The molecule has 84 valence electrons. The molecule has 7 heteroatoms. The van der Waals surface area contributed by atoms with E-state index in [4.69, 9.17) is 5.73 Å². The Balaban J connectivity index is 2.11. The highest BCUT2D eigenvalue weighted by Gasteiger charge is 2.29. The van der Waals surface area contributed by atoms with E-state index >= 15 is 0 Å². The zero-order valence-electron chi connectivity index (χ0n) is 8.07. The van der Waals surface area contributed by atoms with E-state index in [0.29, 0.717) is 23.6 Å². The van der Waals surface area contributed by atoms with Gasteiger partial charge in [-0.1, -0.05) is 11.8 Å². The second kappa shape index (κ2) is 4.44. The fourth-order valence-corrected chi connectivity index (χ4v) is 2.15. The Kier molecular flexibility index (Phi) is 3.20. The molecular formula is C8H12F2N4S. The van der Waals surface area contributed by atoms with Gasteiger partial charge in [-0.3, -0.25) is 0 Å². The van der Waals surface area contributed by atoms with Crippen LogP contribution in [0.2, 0.25) is 0 Å². The lowest BCUT2D eigenvalue weighted by Crippen LogP contribution is -2.08. The molecule has 1 fully saturated rings. The summed E-state index contributed by atoms with van der Waals surface area (Å²) in [5, 5.41) is 8.35. The van der Waals surface area contributed by atoms with E-state index in [2.05, 4.69) is 10.2 Å². The van der Waals surface area contributed by atoms with Crippen LogP contribution >= 0.6 is 11.8 Å². The Morgan fingerprint density at radius 3 is 2.73 bits per heavy atom. The molecule has 0 aromatic carbocycles. The number of aromatic nitrogens is 3. The van der Waals surface area contributed by atoms with Crippen molar-refractivity contribution in [3.63, 3.8) is 0 Å². The second-order valence-electron chi connectivity index (χ2n) is 3.41. The maximum Gasteiger partial charge on any atom is 0.248 e. The van der Waals surface area contributed by atoms with Gasteiger partial charge in [-0.25, -0.2) is 8.78 Å². The minimum Gasteiger partial charge on any atom is -0.324 e. The van der Waals surface area contributed by atoms with Crippen molar-refractivity contribution in [3.05, 3.63) is 5.82 Å². The molecule has 2 N–H and O–H groups in total. The van der Waals surface area contributed by atoms with Crippen molar-refractivity contribution in [2.24, 2.45) is 5.73 Å². The summed E-state index contributed by atoms with van der Waals surface area (Å²) in [5.41, 5.74) is 5.50. The normalized spacial score (nSPS) is 16.3. The zero-order valence-corrected chi connectivity index (χ0v) is 8.88. The van der Waals surface area contributed by atoms with Crippen LogP contribution in [0.5, 0.6) is 0 Å². The van der Waals surface area contributed by atoms with Crippen LogP contribution in [0.1, 0.15) is 24.7 Å². The average Bonchev–Trinajstić information content (AvgIpc) is 2.96. The van der Waals surface area contributed by atoms with Gasteiger partial charge in [-0.05, 0) is 12.8 Å². The highest BCUT2D eigenvalue weighted by molar-refractivity contribution is 7.99. The molecule has 0 bridgehead atoms. The fraction of sp³-hybridized carbons (Fsp3) is 0.750. The van der Waals surface area contributed by atoms with Crippen molar-refractivity contribution < 1.29 is 8.78 Å². The van der Waals surface area contributed by atoms with Crippen LogP contribution < -0.4 is 5.73 Å². The van der Waals surface area contributed by atoms with Crippen LogP contribution in [0.4, 0.5) is 8.78 Å². The number of hydrogen-bond donors (Lipinski definition) is 1. The van der Waals surface area contributed by atoms with E-state index in [1.807, 2.05) is 4.57 Å². The summed E-state index contributed by atoms with van der Waals surface area (Å²) in [5.74, 6) is 0.448. The van der Waals surface area contributed by atoms with Crippen molar-refractivity contribution in [1.82, 2.24) is 14.8 Å². The summed E-state index contributed by atoms with van der Waals surface area (Å²) in [6.45, 7) is 0.304. The number of alkyl halides is 2. The van der Waals surface area contributed by atoms with Crippen molar-refractivity contribution in [3.8, 4) is 0 Å². The second-order valence-corrected chi connectivity index (χ2v) is 4.39. The Morgan fingerprint density at radius 1 is 1.47 bits per heavy atom. The van der Waals surface area contributed by atoms with E-state index in [0.717, 1.165) is 24.6 Å². The topological polar surface area (TPSA) is 56.7 Å². The van der Waals surface area contributed by atoms with Crippen molar-refractivity contribution >= 4 is 11.8 Å². The lowest BCUT2D eigenvalue weighted by molar-refractivity contribution is 0.176. The molecule has 0 radical (unpaired) electrons. The predicted octanol–water partition coefficient (Wildman–Crippen LogP) is 1.43. The molecule has 4 nitrogen and oxygen atoms in total. The standard InChI is InChI=1S/C8H12F2N4S/c9-6(10)4-15-8-13-12-7(3-11)14(8)5-1-2-5/h5-6H,1-4,11H2. The molecule has 2 rings (SSSR count). The monoisotopic (exact) mass is 234 g/mol. The van der Waals surface area contributed by atoms with Crippen LogP contribution in [0.3, 0.4) is 0 Å². The first-order chi connectivity index (χ1) is 7.22. The van der Waals surface area contributed by atoms with Gasteiger partial charge in [0.2, 0.25) is 6.43 Å². The first kappa shape index (κ1) is 10.8. The maximum absolute atomic E-state index is 12.1. The van der Waals surface area contributed by atoms with Gasteiger partial charge in [0.25, 0.3) is 0 Å². The van der Waals surface area contributed by atoms with E-state index in [-0.39, 0.29) is 5.75 Å². The van der Waals surface area contributed by atoms with Crippen molar-refractivity contribution in [1.29, 1.82) is 0 Å². The number of nitrogens with zero attached hydrogens (tertiary/aromatic N) is 3. The van der Waals surface area contributed by atoms with Gasteiger partial charge in [-0.2, -0.15) is 0 Å². The molecule has 1 saturated carbocycles. The molecule has 1 aromatic heterocycles. The molecule has 0 aliphatic heterocycles.